The van der Waals surface area contributed by atoms with E-state index in [4.69, 9.17) is 4.98 Å². The molecule has 3 rings (SSSR count). The fourth-order valence-electron chi connectivity index (χ4n) is 3.44. The van der Waals surface area contributed by atoms with Gasteiger partial charge in [-0.1, -0.05) is 81.2 Å². The number of aliphatic hydroxyl groups is 1. The van der Waals surface area contributed by atoms with Gasteiger partial charge in [0.15, 0.2) is 5.78 Å². The number of aryl methyl sites for hydroxylation is 1. The molecule has 0 unspecified atom stereocenters. The summed E-state index contributed by atoms with van der Waals surface area (Å²) >= 11 is 1.74. The molecule has 0 aliphatic heterocycles. The van der Waals surface area contributed by atoms with Crippen molar-refractivity contribution in [1.29, 1.82) is 0 Å². The molecule has 0 bridgehead atoms. The number of fused-ring (bicyclic) bond motifs is 1. The molecule has 0 aliphatic carbocycles. The van der Waals surface area contributed by atoms with E-state index in [9.17, 15) is 9.90 Å². The Bertz CT molecular complexity index is 1150. The Kier molecular flexibility index (Phi) is 11.5. The minimum Gasteiger partial charge on any atom is -0.512 e. The second kappa shape index (κ2) is 12.9. The van der Waals surface area contributed by atoms with Crippen LogP contribution in [0.15, 0.2) is 47.5 Å². The molecule has 3 nitrogen and oxygen atoms in total. The van der Waals surface area contributed by atoms with Crippen LogP contribution in [-0.4, -0.2) is 15.9 Å². The van der Waals surface area contributed by atoms with Gasteiger partial charge in [0.25, 0.3) is 0 Å². The summed E-state index contributed by atoms with van der Waals surface area (Å²) in [6.45, 7) is 17.8. The first-order valence-electron chi connectivity index (χ1n) is 12.1. The van der Waals surface area contributed by atoms with Crippen molar-refractivity contribution in [3.63, 3.8) is 0 Å². The van der Waals surface area contributed by atoms with Crippen LogP contribution < -0.4 is 0 Å². The number of thiophene rings is 1. The second-order valence-electron chi connectivity index (χ2n) is 10.9. The molecule has 35 heavy (non-hydrogen) atoms. The zero-order chi connectivity index (χ0) is 25.7. The molecule has 0 amide bonds. The molecule has 0 atom stereocenters. The van der Waals surface area contributed by atoms with E-state index in [-0.39, 0.29) is 37.1 Å². The Labute approximate surface area is 229 Å². The maximum Gasteiger partial charge on any atom is 0.164 e. The van der Waals surface area contributed by atoms with Gasteiger partial charge in [-0.25, -0.2) is 0 Å². The summed E-state index contributed by atoms with van der Waals surface area (Å²) in [5.41, 5.74) is 5.07. The standard InChI is InChI=1S/C19H20NS.C11H20O2.Ir/c1-4-14(5-2)15-10-13(3)11-16(12-15)17-6-7-19-18(20-17)8-9-21-19;1-10(2,3)8(12)7-9(13)11(4,5)6;/h6-10,12,14H,4-5H2,1-3H3;7,12H,1-6H3;/q-1;;/b;8-7-;. The number of benzene rings is 1. The number of hydrogen-bond acceptors (Lipinski definition) is 4. The summed E-state index contributed by atoms with van der Waals surface area (Å²) in [6, 6.07) is 14.4. The number of nitrogens with zero attached hydrogens (tertiary/aromatic N) is 1. The predicted octanol–water partition coefficient (Wildman–Crippen LogP) is 9.06. The van der Waals surface area contributed by atoms with Crippen LogP contribution in [0, 0.1) is 23.8 Å². The van der Waals surface area contributed by atoms with Crippen LogP contribution in [-0.2, 0) is 24.9 Å². The molecule has 1 radical (unpaired) electrons. The number of aliphatic hydroxyl groups excluding tert-OH is 1. The van der Waals surface area contributed by atoms with Gasteiger partial charge in [-0.05, 0) is 29.1 Å². The van der Waals surface area contributed by atoms with Gasteiger partial charge in [0.05, 0.1) is 10.2 Å². The number of allylic oxidation sites excluding steroid dienone is 2. The third kappa shape index (κ3) is 8.97. The third-order valence-corrected chi connectivity index (χ3v) is 6.71. The van der Waals surface area contributed by atoms with Crippen molar-refractivity contribution in [3.05, 3.63) is 64.7 Å². The number of aromatic nitrogens is 1. The monoisotopic (exact) mass is 671 g/mol. The molecule has 0 fully saturated rings. The Morgan fingerprint density at radius 3 is 2.23 bits per heavy atom. The van der Waals surface area contributed by atoms with E-state index in [1.54, 1.807) is 11.3 Å². The Balaban J connectivity index is 0.000000383. The number of hydrogen-bond donors (Lipinski definition) is 1. The van der Waals surface area contributed by atoms with Crippen LogP contribution in [0.25, 0.3) is 21.5 Å². The van der Waals surface area contributed by atoms with E-state index >= 15 is 0 Å². The maximum atomic E-state index is 11.5. The fourth-order valence-corrected chi connectivity index (χ4v) is 4.16. The van der Waals surface area contributed by atoms with E-state index < -0.39 is 5.41 Å². The summed E-state index contributed by atoms with van der Waals surface area (Å²) in [7, 11) is 0. The molecule has 0 saturated heterocycles. The van der Waals surface area contributed by atoms with Gasteiger partial charge in [-0.3, -0.25) is 9.78 Å². The van der Waals surface area contributed by atoms with Crippen LogP contribution in [0.2, 0.25) is 0 Å². The SMILES string of the molecule is CC(C)(C)C(=O)/C=C(\O)C(C)(C)C.CCC(CC)c1cc(C)[c-]c(-c2ccc3sccc3n2)c1.[Ir]. The van der Waals surface area contributed by atoms with Crippen LogP contribution in [0.5, 0.6) is 0 Å². The second-order valence-corrected chi connectivity index (χ2v) is 11.9. The van der Waals surface area contributed by atoms with Crippen molar-refractivity contribution in [2.45, 2.75) is 81.1 Å². The molecule has 0 spiro atoms. The van der Waals surface area contributed by atoms with E-state index in [1.807, 2.05) is 41.5 Å². The molecule has 0 saturated carbocycles. The molecule has 2 aromatic heterocycles. The predicted molar refractivity (Wildman–Crippen MR) is 147 cm³/mol. The zero-order valence-electron chi connectivity index (χ0n) is 22.6. The van der Waals surface area contributed by atoms with Crippen molar-refractivity contribution in [2.75, 3.05) is 0 Å². The molecule has 1 aromatic carbocycles. The largest absolute Gasteiger partial charge is 0.512 e. The summed E-state index contributed by atoms with van der Waals surface area (Å²) in [5, 5.41) is 11.7. The fraction of sp³-hybridized carbons (Fsp3) is 0.467. The summed E-state index contributed by atoms with van der Waals surface area (Å²) in [6.07, 6.45) is 3.69. The minimum absolute atomic E-state index is 0. The average molecular weight is 671 g/mol. The molecule has 2 heterocycles. The van der Waals surface area contributed by atoms with Crippen molar-refractivity contribution < 1.29 is 30.0 Å². The first kappa shape index (κ1) is 31.2. The summed E-state index contributed by atoms with van der Waals surface area (Å²) in [5.74, 6) is 0.731. The van der Waals surface area contributed by atoms with Crippen molar-refractivity contribution >= 4 is 27.3 Å². The van der Waals surface area contributed by atoms with Crippen LogP contribution in [0.1, 0.15) is 85.3 Å². The number of carbonyl (C=O) groups is 1. The Morgan fingerprint density at radius 1 is 1.06 bits per heavy atom. The maximum absolute atomic E-state index is 11.5. The van der Waals surface area contributed by atoms with Gasteiger partial charge < -0.3 is 5.11 Å². The number of ketones is 1. The first-order chi connectivity index (χ1) is 15.8. The zero-order valence-corrected chi connectivity index (χ0v) is 25.8. The van der Waals surface area contributed by atoms with Crippen LogP contribution in [0.3, 0.4) is 0 Å². The molecule has 0 aliphatic rings. The number of carbonyl (C=O) groups excluding carboxylic acids is 1. The van der Waals surface area contributed by atoms with Crippen molar-refractivity contribution in [2.24, 2.45) is 10.8 Å². The smallest absolute Gasteiger partial charge is 0.164 e. The van der Waals surface area contributed by atoms with Gasteiger partial charge in [0, 0.05) is 37.0 Å². The molecule has 193 valence electrons. The third-order valence-electron chi connectivity index (χ3n) is 5.84. The molecular weight excluding hydrogens is 631 g/mol. The molecule has 3 aromatic rings. The van der Waals surface area contributed by atoms with Gasteiger partial charge in [-0.2, -0.15) is 0 Å². The Morgan fingerprint density at radius 2 is 1.69 bits per heavy atom. The average Bonchev–Trinajstić information content (AvgIpc) is 3.21. The first-order valence-corrected chi connectivity index (χ1v) is 13.0. The van der Waals surface area contributed by atoms with E-state index in [1.165, 1.54) is 34.7 Å². The van der Waals surface area contributed by atoms with Gasteiger partial charge in [0.2, 0.25) is 0 Å². The van der Waals surface area contributed by atoms with Gasteiger partial charge in [-0.15, -0.1) is 46.2 Å². The van der Waals surface area contributed by atoms with E-state index in [0.29, 0.717) is 5.92 Å². The van der Waals surface area contributed by atoms with Gasteiger partial charge in [0.1, 0.15) is 5.76 Å². The summed E-state index contributed by atoms with van der Waals surface area (Å²) in [4.78, 5) is 16.3. The normalized spacial score (nSPS) is 12.2. The van der Waals surface area contributed by atoms with Crippen LogP contribution >= 0.6 is 11.3 Å². The van der Waals surface area contributed by atoms with Crippen molar-refractivity contribution in [3.8, 4) is 11.3 Å². The minimum atomic E-state index is -0.417. The molecule has 1 N–H and O–H groups in total. The number of rotatable bonds is 5. The number of pyridine rings is 1. The van der Waals surface area contributed by atoms with Crippen LogP contribution in [0.4, 0.5) is 0 Å². The molecular formula is C30H40IrNO2S-. The Hall–Kier alpha value is -1.81. The topological polar surface area (TPSA) is 50.2 Å². The van der Waals surface area contributed by atoms with E-state index in [0.717, 1.165) is 16.8 Å². The summed E-state index contributed by atoms with van der Waals surface area (Å²) < 4.78 is 1.24. The van der Waals surface area contributed by atoms with Crippen molar-refractivity contribution in [1.82, 2.24) is 4.98 Å². The van der Waals surface area contributed by atoms with E-state index in [2.05, 4.69) is 62.5 Å². The molecule has 5 heteroatoms. The van der Waals surface area contributed by atoms with Gasteiger partial charge >= 0.3 is 0 Å². The quantitative estimate of drug-likeness (QED) is 0.167.